The number of amides is 1. The van der Waals surface area contributed by atoms with Crippen LogP contribution in [0.2, 0.25) is 0 Å². The molecule has 132 valence electrons. The number of carbonyl (C=O) groups excluding carboxylic acids is 1. The van der Waals surface area contributed by atoms with E-state index < -0.39 is 27.6 Å². The molecular formula is C17H16F2N2O3S. The minimum absolute atomic E-state index is 0.0330. The zero-order valence-electron chi connectivity index (χ0n) is 13.1. The number of anilines is 1. The number of halogens is 2. The van der Waals surface area contributed by atoms with Crippen molar-refractivity contribution in [1.82, 2.24) is 4.72 Å². The van der Waals surface area contributed by atoms with E-state index in [1.165, 1.54) is 6.08 Å². The summed E-state index contributed by atoms with van der Waals surface area (Å²) in [6.45, 7) is -0.148. The van der Waals surface area contributed by atoms with Crippen LogP contribution in [-0.4, -0.2) is 20.9 Å². The minimum Gasteiger partial charge on any atom is -0.326 e. The minimum atomic E-state index is -3.69. The Kier molecular flexibility index (Phi) is 6.37. The Bertz CT molecular complexity index is 848. The lowest BCUT2D eigenvalue weighted by Crippen LogP contribution is -2.26. The maximum atomic E-state index is 13.0. The van der Waals surface area contributed by atoms with Crippen molar-refractivity contribution in [3.63, 3.8) is 0 Å². The largest absolute Gasteiger partial charge is 0.326 e. The number of carbonyl (C=O) groups is 1. The Balaban J connectivity index is 1.82. The molecule has 1 amide bonds. The van der Waals surface area contributed by atoms with E-state index in [4.69, 9.17) is 0 Å². The number of sulfonamides is 1. The van der Waals surface area contributed by atoms with E-state index >= 15 is 0 Å². The highest BCUT2D eigenvalue weighted by atomic mass is 32.2. The smallest absolute Gasteiger partial charge is 0.233 e. The fraction of sp³-hybridized carbons (Fsp3) is 0.118. The van der Waals surface area contributed by atoms with E-state index in [-0.39, 0.29) is 18.7 Å². The van der Waals surface area contributed by atoms with Gasteiger partial charge >= 0.3 is 0 Å². The Morgan fingerprint density at radius 3 is 2.32 bits per heavy atom. The second kappa shape index (κ2) is 8.50. The summed E-state index contributed by atoms with van der Waals surface area (Å²) in [7, 11) is -3.69. The molecule has 0 aromatic heterocycles. The van der Waals surface area contributed by atoms with Crippen LogP contribution in [0.4, 0.5) is 14.5 Å². The maximum Gasteiger partial charge on any atom is 0.233 e. The standard InChI is InChI=1S/C17H16F2N2O3S/c18-14-10-15(19)12-16(11-14)21-17(22)6-8-20-25(23,24)9-7-13-4-2-1-3-5-13/h1-5,7,9-12,20H,6,8H2,(H,21,22)/b9-7+. The third-order valence-electron chi connectivity index (χ3n) is 3.04. The molecule has 0 aliphatic rings. The number of hydrogen-bond acceptors (Lipinski definition) is 3. The molecule has 0 aliphatic carbocycles. The number of benzene rings is 2. The quantitative estimate of drug-likeness (QED) is 0.791. The highest BCUT2D eigenvalue weighted by Gasteiger charge is 2.08. The van der Waals surface area contributed by atoms with Crippen molar-refractivity contribution in [1.29, 1.82) is 0 Å². The van der Waals surface area contributed by atoms with E-state index in [0.29, 0.717) is 6.07 Å². The van der Waals surface area contributed by atoms with Gasteiger partial charge in [0.25, 0.3) is 0 Å². The lowest BCUT2D eigenvalue weighted by molar-refractivity contribution is -0.116. The first-order valence-electron chi connectivity index (χ1n) is 7.33. The Hall–Kier alpha value is -2.58. The van der Waals surface area contributed by atoms with Crippen LogP contribution in [0, 0.1) is 11.6 Å². The number of hydrogen-bond donors (Lipinski definition) is 2. The van der Waals surface area contributed by atoms with Crippen molar-refractivity contribution in [3.05, 3.63) is 71.1 Å². The first kappa shape index (κ1) is 18.8. The van der Waals surface area contributed by atoms with Gasteiger partial charge in [0.2, 0.25) is 15.9 Å². The van der Waals surface area contributed by atoms with Gasteiger partial charge in [-0.15, -0.1) is 0 Å². The molecule has 0 saturated carbocycles. The predicted molar refractivity (Wildman–Crippen MR) is 92.0 cm³/mol. The van der Waals surface area contributed by atoms with Crippen LogP contribution in [0.15, 0.2) is 53.9 Å². The number of rotatable bonds is 7. The average molecular weight is 366 g/mol. The molecule has 8 heteroatoms. The molecule has 2 aromatic carbocycles. The van der Waals surface area contributed by atoms with Crippen LogP contribution in [0.3, 0.4) is 0 Å². The van der Waals surface area contributed by atoms with Crippen molar-refractivity contribution in [3.8, 4) is 0 Å². The lowest BCUT2D eigenvalue weighted by atomic mass is 10.2. The molecule has 25 heavy (non-hydrogen) atoms. The van der Waals surface area contributed by atoms with Crippen molar-refractivity contribution in [2.45, 2.75) is 6.42 Å². The van der Waals surface area contributed by atoms with Gasteiger partial charge in [0.1, 0.15) is 11.6 Å². The average Bonchev–Trinajstić information content (AvgIpc) is 2.53. The summed E-state index contributed by atoms with van der Waals surface area (Å²) in [5.41, 5.74) is 0.688. The summed E-state index contributed by atoms with van der Waals surface area (Å²) >= 11 is 0. The van der Waals surface area contributed by atoms with Crippen LogP contribution in [0.5, 0.6) is 0 Å². The van der Waals surface area contributed by atoms with Gasteiger partial charge < -0.3 is 5.32 Å². The van der Waals surface area contributed by atoms with Gasteiger partial charge in [0.15, 0.2) is 0 Å². The molecule has 2 aromatic rings. The topological polar surface area (TPSA) is 75.3 Å². The maximum absolute atomic E-state index is 13.0. The highest BCUT2D eigenvalue weighted by Crippen LogP contribution is 2.13. The van der Waals surface area contributed by atoms with E-state index in [1.807, 2.05) is 6.07 Å². The zero-order chi connectivity index (χ0) is 18.3. The van der Waals surface area contributed by atoms with Gasteiger partial charge in [-0.05, 0) is 23.8 Å². The SMILES string of the molecule is O=C(CCNS(=O)(=O)/C=C/c1ccccc1)Nc1cc(F)cc(F)c1. The van der Waals surface area contributed by atoms with Crippen LogP contribution >= 0.6 is 0 Å². The monoisotopic (exact) mass is 366 g/mol. The highest BCUT2D eigenvalue weighted by molar-refractivity contribution is 7.92. The third kappa shape index (κ3) is 6.82. The van der Waals surface area contributed by atoms with E-state index in [9.17, 15) is 22.0 Å². The molecule has 0 unspecified atom stereocenters. The van der Waals surface area contributed by atoms with Crippen molar-refractivity contribution in [2.24, 2.45) is 0 Å². The van der Waals surface area contributed by atoms with Gasteiger partial charge in [-0.3, -0.25) is 4.79 Å². The lowest BCUT2D eigenvalue weighted by Gasteiger charge is -2.06. The normalized spacial score (nSPS) is 11.6. The molecular weight excluding hydrogens is 350 g/mol. The zero-order valence-corrected chi connectivity index (χ0v) is 13.9. The fourth-order valence-electron chi connectivity index (χ4n) is 1.94. The van der Waals surface area contributed by atoms with E-state index in [0.717, 1.165) is 23.1 Å². The van der Waals surface area contributed by atoms with Gasteiger partial charge in [0.05, 0.1) is 0 Å². The van der Waals surface area contributed by atoms with Crippen molar-refractivity contribution < 1.29 is 22.0 Å². The molecule has 0 bridgehead atoms. The summed E-state index contributed by atoms with van der Waals surface area (Å²) in [5, 5.41) is 3.30. The van der Waals surface area contributed by atoms with E-state index in [2.05, 4.69) is 10.0 Å². The molecule has 0 fully saturated rings. The predicted octanol–water partition coefficient (Wildman–Crippen LogP) is 2.88. The molecule has 0 spiro atoms. The summed E-state index contributed by atoms with van der Waals surface area (Å²) in [5.74, 6) is -2.20. The summed E-state index contributed by atoms with van der Waals surface area (Å²) < 4.78 is 51.9. The second-order valence-corrected chi connectivity index (χ2v) is 6.76. The fourth-order valence-corrected chi connectivity index (χ4v) is 2.76. The molecule has 5 nitrogen and oxygen atoms in total. The first-order valence-corrected chi connectivity index (χ1v) is 8.87. The molecule has 0 atom stereocenters. The van der Waals surface area contributed by atoms with Gasteiger partial charge in [0, 0.05) is 30.1 Å². The van der Waals surface area contributed by atoms with Crippen molar-refractivity contribution in [2.75, 3.05) is 11.9 Å². The molecule has 0 heterocycles. The Labute approximate surface area is 144 Å². The third-order valence-corrected chi connectivity index (χ3v) is 4.14. The molecule has 0 saturated heterocycles. The Morgan fingerprint density at radius 2 is 1.68 bits per heavy atom. The molecule has 2 N–H and O–H groups in total. The van der Waals surface area contributed by atoms with Gasteiger partial charge in [-0.1, -0.05) is 30.3 Å². The second-order valence-electron chi connectivity index (χ2n) is 5.11. The summed E-state index contributed by atoms with van der Waals surface area (Å²) in [4.78, 5) is 11.7. The summed E-state index contributed by atoms with van der Waals surface area (Å²) in [6, 6.07) is 11.5. The van der Waals surface area contributed by atoms with Crippen LogP contribution < -0.4 is 10.0 Å². The Morgan fingerprint density at radius 1 is 1.04 bits per heavy atom. The molecule has 2 rings (SSSR count). The summed E-state index contributed by atoms with van der Waals surface area (Å²) in [6.07, 6.45) is 1.24. The van der Waals surface area contributed by atoms with Crippen LogP contribution in [-0.2, 0) is 14.8 Å². The molecule has 0 radical (unpaired) electrons. The van der Waals surface area contributed by atoms with Gasteiger partial charge in [-0.2, -0.15) is 0 Å². The number of nitrogens with one attached hydrogen (secondary N) is 2. The van der Waals surface area contributed by atoms with Crippen LogP contribution in [0.25, 0.3) is 6.08 Å². The first-order chi connectivity index (χ1) is 11.8. The van der Waals surface area contributed by atoms with Gasteiger partial charge in [-0.25, -0.2) is 21.9 Å². The van der Waals surface area contributed by atoms with E-state index in [1.54, 1.807) is 24.3 Å². The van der Waals surface area contributed by atoms with Crippen LogP contribution in [0.1, 0.15) is 12.0 Å². The molecule has 0 aliphatic heterocycles. The van der Waals surface area contributed by atoms with Crippen molar-refractivity contribution >= 4 is 27.7 Å².